The number of aromatic amines is 2. The second kappa shape index (κ2) is 18.3. The quantitative estimate of drug-likeness (QED) is 0.0641. The van der Waals surface area contributed by atoms with Crippen molar-refractivity contribution in [3.05, 3.63) is 90.1 Å². The molecule has 0 aliphatic rings. The van der Waals surface area contributed by atoms with Crippen LogP contribution in [0.15, 0.2) is 73.3 Å². The summed E-state index contributed by atoms with van der Waals surface area (Å²) in [6.45, 7) is 3.56. The number of imidazole rings is 1. The third-order valence-electron chi connectivity index (χ3n) is 8.79. The Morgan fingerprint density at radius 2 is 1.42 bits per heavy atom. The number of fused-ring (bicyclic) bond motifs is 1. The van der Waals surface area contributed by atoms with Gasteiger partial charge in [-0.05, 0) is 23.1 Å². The van der Waals surface area contributed by atoms with E-state index in [1.54, 1.807) is 43.5 Å². The number of carboxylic acid groups (broad SMARTS) is 1. The van der Waals surface area contributed by atoms with Crippen LogP contribution >= 0.6 is 0 Å². The van der Waals surface area contributed by atoms with E-state index in [1.165, 1.54) is 12.5 Å². The average molecular weight is 716 g/mol. The molecule has 11 N–H and O–H groups in total. The van der Waals surface area contributed by atoms with Gasteiger partial charge in [0.05, 0.1) is 18.8 Å². The van der Waals surface area contributed by atoms with E-state index in [4.69, 9.17) is 11.5 Å². The van der Waals surface area contributed by atoms with Crippen LogP contribution in [0.4, 0.5) is 0 Å². The lowest BCUT2D eigenvalue weighted by Gasteiger charge is -2.28. The van der Waals surface area contributed by atoms with Crippen molar-refractivity contribution < 1.29 is 33.9 Å². The molecule has 0 saturated carbocycles. The van der Waals surface area contributed by atoms with Crippen LogP contribution in [0, 0.1) is 5.92 Å². The molecule has 2 heterocycles. The number of para-hydroxylation sites is 1. The van der Waals surface area contributed by atoms with Gasteiger partial charge in [0.25, 0.3) is 0 Å². The molecule has 2 aromatic carbocycles. The van der Waals surface area contributed by atoms with E-state index in [0.29, 0.717) is 23.2 Å². The van der Waals surface area contributed by atoms with Gasteiger partial charge in [-0.1, -0.05) is 68.8 Å². The van der Waals surface area contributed by atoms with Crippen molar-refractivity contribution >= 4 is 46.4 Å². The van der Waals surface area contributed by atoms with Crippen molar-refractivity contribution in [1.29, 1.82) is 0 Å². The summed E-state index contributed by atoms with van der Waals surface area (Å²) in [5.74, 6) is -5.45. The topological polar surface area (TPSA) is 267 Å². The zero-order valence-corrected chi connectivity index (χ0v) is 28.9. The first kappa shape index (κ1) is 38.8. The Morgan fingerprint density at radius 1 is 0.788 bits per heavy atom. The molecule has 2 aromatic heterocycles. The smallest absolute Gasteiger partial charge is 0.326 e. The Morgan fingerprint density at radius 3 is 2.08 bits per heavy atom. The Balaban J connectivity index is 1.62. The molecule has 0 aliphatic carbocycles. The first-order valence-corrected chi connectivity index (χ1v) is 16.9. The summed E-state index contributed by atoms with van der Waals surface area (Å²) < 4.78 is 0. The van der Waals surface area contributed by atoms with Crippen LogP contribution in [0.25, 0.3) is 10.9 Å². The molecule has 16 nitrogen and oxygen atoms in total. The number of amides is 5. The number of benzene rings is 2. The van der Waals surface area contributed by atoms with Crippen LogP contribution in [0.1, 0.15) is 43.5 Å². The molecule has 0 fully saturated rings. The first-order chi connectivity index (χ1) is 24.9. The summed E-state index contributed by atoms with van der Waals surface area (Å²) in [6.07, 6.45) is 4.51. The molecule has 0 unspecified atom stereocenters. The van der Waals surface area contributed by atoms with Crippen molar-refractivity contribution in [2.45, 2.75) is 76.2 Å². The summed E-state index contributed by atoms with van der Waals surface area (Å²) in [5, 5.41) is 21.3. The van der Waals surface area contributed by atoms with E-state index in [0.717, 1.165) is 10.9 Å². The van der Waals surface area contributed by atoms with Gasteiger partial charge in [0.1, 0.15) is 24.2 Å². The van der Waals surface area contributed by atoms with E-state index in [2.05, 4.69) is 36.2 Å². The largest absolute Gasteiger partial charge is 0.480 e. The first-order valence-electron chi connectivity index (χ1n) is 16.9. The Bertz CT molecular complexity index is 1840. The summed E-state index contributed by atoms with van der Waals surface area (Å²) >= 11 is 0. The number of carbonyl (C=O) groups is 6. The molecule has 4 aromatic rings. The number of H-pyrrole nitrogens is 2. The molecule has 16 heteroatoms. The van der Waals surface area contributed by atoms with Crippen LogP contribution in [-0.2, 0) is 48.0 Å². The van der Waals surface area contributed by atoms with Gasteiger partial charge in [-0.3, -0.25) is 24.0 Å². The number of rotatable bonds is 19. The molecule has 0 spiro atoms. The summed E-state index contributed by atoms with van der Waals surface area (Å²) in [5.41, 5.74) is 13.8. The van der Waals surface area contributed by atoms with Crippen molar-refractivity contribution in [2.24, 2.45) is 17.4 Å². The van der Waals surface area contributed by atoms with Gasteiger partial charge in [-0.2, -0.15) is 0 Å². The van der Waals surface area contributed by atoms with Crippen molar-refractivity contribution in [2.75, 3.05) is 0 Å². The van der Waals surface area contributed by atoms with Gasteiger partial charge in [0.2, 0.25) is 29.5 Å². The van der Waals surface area contributed by atoms with E-state index in [9.17, 15) is 33.9 Å². The highest BCUT2D eigenvalue weighted by Crippen LogP contribution is 2.20. The third-order valence-corrected chi connectivity index (χ3v) is 8.79. The minimum absolute atomic E-state index is 0.0127. The zero-order chi connectivity index (χ0) is 37.8. The van der Waals surface area contributed by atoms with Gasteiger partial charge >= 0.3 is 5.97 Å². The van der Waals surface area contributed by atoms with Gasteiger partial charge in [-0.25, -0.2) is 9.78 Å². The molecule has 52 heavy (non-hydrogen) atoms. The van der Waals surface area contributed by atoms with Crippen molar-refractivity contribution in [3.8, 4) is 0 Å². The molecule has 0 radical (unpaired) electrons. The van der Waals surface area contributed by atoms with Gasteiger partial charge in [-0.15, -0.1) is 0 Å². The van der Waals surface area contributed by atoms with E-state index in [-0.39, 0.29) is 19.3 Å². The van der Waals surface area contributed by atoms with Crippen LogP contribution in [-0.4, -0.2) is 85.8 Å². The number of aliphatic carboxylic acids is 1. The fourth-order valence-electron chi connectivity index (χ4n) is 5.68. The standard InChI is InChI=1S/C36H45N9O7/c1-3-20(2)31(35(50)44-29(36(51)52)15-23-18-39-19-41-23)45-34(49)28(14-22-17-40-26-12-8-7-11-24(22)26)43-33(48)27(13-21-9-5-4-6-10-21)42-32(47)25(37)16-30(38)46/h4-12,17-20,25,27-29,31,40H,3,13-16,37H2,1-2H3,(H2,38,46)(H,39,41)(H,42,47)(H,43,48)(H,44,50)(H,45,49)(H,51,52)/t20-,25-,27-,28-,29-,31-/m0/s1. The maximum absolute atomic E-state index is 14.2. The number of nitrogens with two attached hydrogens (primary N) is 2. The predicted octanol–water partition coefficient (Wildman–Crippen LogP) is 0.192. The Hall–Kier alpha value is -6.03. The second-order valence-corrected chi connectivity index (χ2v) is 12.7. The SMILES string of the molecule is CC[C@H](C)[C@H](NC(=O)[C@H](Cc1c[nH]c2ccccc12)NC(=O)[C@H](Cc1ccccc1)NC(=O)[C@@H](N)CC(N)=O)C(=O)N[C@@H](Cc1cnc[nH]1)C(=O)O. The molecule has 276 valence electrons. The summed E-state index contributed by atoms with van der Waals surface area (Å²) in [6, 6.07) is 9.96. The number of hydrogen-bond donors (Lipinski definition) is 9. The highest BCUT2D eigenvalue weighted by Gasteiger charge is 2.34. The minimum Gasteiger partial charge on any atom is -0.480 e. The molecule has 5 amide bonds. The molecule has 0 aliphatic heterocycles. The monoisotopic (exact) mass is 715 g/mol. The number of nitrogens with zero attached hydrogens (tertiary/aromatic N) is 1. The highest BCUT2D eigenvalue weighted by atomic mass is 16.4. The normalized spacial score (nSPS) is 14.6. The van der Waals surface area contributed by atoms with E-state index >= 15 is 0 Å². The van der Waals surface area contributed by atoms with Crippen LogP contribution in [0.2, 0.25) is 0 Å². The maximum atomic E-state index is 14.2. The van der Waals surface area contributed by atoms with Crippen molar-refractivity contribution in [1.82, 2.24) is 36.2 Å². The van der Waals surface area contributed by atoms with Gasteiger partial charge in [0, 0.05) is 48.3 Å². The van der Waals surface area contributed by atoms with E-state index < -0.39 is 78.1 Å². The highest BCUT2D eigenvalue weighted by molar-refractivity contribution is 5.97. The number of nitrogens with one attached hydrogen (secondary N) is 6. The number of hydrogen-bond acceptors (Lipinski definition) is 8. The summed E-state index contributed by atoms with van der Waals surface area (Å²) in [7, 11) is 0. The fraction of sp³-hybridized carbons (Fsp3) is 0.361. The molecule has 4 rings (SSSR count). The maximum Gasteiger partial charge on any atom is 0.326 e. The molecule has 0 bridgehead atoms. The number of carboxylic acids is 1. The minimum atomic E-state index is -1.32. The molecule has 6 atom stereocenters. The van der Waals surface area contributed by atoms with Gasteiger partial charge in [0.15, 0.2) is 0 Å². The van der Waals surface area contributed by atoms with Crippen LogP contribution in [0.3, 0.4) is 0 Å². The van der Waals surface area contributed by atoms with Crippen LogP contribution in [0.5, 0.6) is 0 Å². The lowest BCUT2D eigenvalue weighted by Crippen LogP contribution is -2.60. The number of carbonyl (C=O) groups excluding carboxylic acids is 5. The second-order valence-electron chi connectivity index (χ2n) is 12.7. The van der Waals surface area contributed by atoms with E-state index in [1.807, 2.05) is 31.2 Å². The lowest BCUT2D eigenvalue weighted by atomic mass is 9.96. The average Bonchev–Trinajstić information content (AvgIpc) is 3.79. The third kappa shape index (κ3) is 10.7. The summed E-state index contributed by atoms with van der Waals surface area (Å²) in [4.78, 5) is 88.2. The zero-order valence-electron chi connectivity index (χ0n) is 28.9. The lowest BCUT2D eigenvalue weighted by molar-refractivity contribution is -0.142. The number of aromatic nitrogens is 3. The molecule has 0 saturated heterocycles. The van der Waals surface area contributed by atoms with Crippen molar-refractivity contribution in [3.63, 3.8) is 0 Å². The Labute approximate surface area is 299 Å². The van der Waals surface area contributed by atoms with Crippen LogP contribution < -0.4 is 32.7 Å². The number of primary amides is 1. The predicted molar refractivity (Wildman–Crippen MR) is 191 cm³/mol. The fourth-order valence-corrected chi connectivity index (χ4v) is 5.68. The Kier molecular flexibility index (Phi) is 13.6. The molecular weight excluding hydrogens is 670 g/mol. The molecular formula is C36H45N9O7. The van der Waals surface area contributed by atoms with Gasteiger partial charge < -0.3 is 47.8 Å².